The van der Waals surface area contributed by atoms with Crippen LogP contribution in [0.1, 0.15) is 79.1 Å². The molecule has 0 amide bonds. The van der Waals surface area contributed by atoms with Gasteiger partial charge in [0, 0.05) is 38.5 Å². The van der Waals surface area contributed by atoms with Gasteiger partial charge in [-0.3, -0.25) is 19.2 Å². The van der Waals surface area contributed by atoms with Crippen molar-refractivity contribution in [3.05, 3.63) is 0 Å². The van der Waals surface area contributed by atoms with E-state index in [1.54, 1.807) is 0 Å². The summed E-state index contributed by atoms with van der Waals surface area (Å²) < 4.78 is 16.6. The maximum Gasteiger partial charge on any atom is 0.302 e. The largest absolute Gasteiger partial charge is 0.465 e. The monoisotopic (exact) mass is 448 g/mol. The van der Waals surface area contributed by atoms with Gasteiger partial charge in [-0.1, -0.05) is 6.92 Å². The molecular formula is C25H36O7. The second-order valence-corrected chi connectivity index (χ2v) is 11.0. The highest BCUT2D eigenvalue weighted by Crippen LogP contribution is 2.65. The number of hydrogen-bond acceptors (Lipinski definition) is 7. The minimum Gasteiger partial charge on any atom is -0.465 e. The summed E-state index contributed by atoms with van der Waals surface area (Å²) in [6.45, 7) is 6.88. The van der Waals surface area contributed by atoms with Crippen molar-refractivity contribution < 1.29 is 33.4 Å². The second kappa shape index (κ2) is 8.45. The fourth-order valence-electron chi connectivity index (χ4n) is 7.84. The highest BCUT2D eigenvalue weighted by Gasteiger charge is 2.64. The molecule has 0 aromatic rings. The maximum absolute atomic E-state index is 13.6. The first-order valence-electron chi connectivity index (χ1n) is 12.0. The van der Waals surface area contributed by atoms with Crippen LogP contribution in [0.4, 0.5) is 0 Å². The lowest BCUT2D eigenvalue weighted by atomic mass is 9.45. The topological polar surface area (TPSA) is 96.0 Å². The van der Waals surface area contributed by atoms with Crippen LogP contribution in [0.3, 0.4) is 0 Å². The Kier molecular flexibility index (Phi) is 6.14. The van der Waals surface area contributed by atoms with Crippen molar-refractivity contribution in [3.8, 4) is 0 Å². The quantitative estimate of drug-likeness (QED) is 0.479. The first-order valence-corrected chi connectivity index (χ1v) is 12.0. The molecule has 4 fully saturated rings. The number of fused-ring (bicyclic) bond motifs is 5. The SMILES string of the molecule is CC(=O)OC[C@]12CC[C@@H]3[C@H](C(=O)C[C@H]4C[C@H](OC(C)=O)CC[C@@]43C)[C@H]1C[C@@H](OC(C)=O)C2. The molecule has 0 aromatic heterocycles. The molecule has 0 bridgehead atoms. The summed E-state index contributed by atoms with van der Waals surface area (Å²) in [4.78, 5) is 48.3. The van der Waals surface area contributed by atoms with Gasteiger partial charge < -0.3 is 14.2 Å². The molecule has 0 heterocycles. The van der Waals surface area contributed by atoms with Crippen LogP contribution in [-0.4, -0.2) is 42.5 Å². The molecule has 178 valence electrons. The zero-order valence-corrected chi connectivity index (χ0v) is 19.7. The van der Waals surface area contributed by atoms with Gasteiger partial charge in [0.25, 0.3) is 0 Å². The first kappa shape index (κ1) is 23.2. The number of esters is 3. The van der Waals surface area contributed by atoms with E-state index in [9.17, 15) is 19.2 Å². The van der Waals surface area contributed by atoms with Crippen LogP contribution in [0, 0.1) is 34.5 Å². The summed E-state index contributed by atoms with van der Waals surface area (Å²) in [5.41, 5.74) is -0.275. The van der Waals surface area contributed by atoms with Gasteiger partial charge in [-0.25, -0.2) is 0 Å². The van der Waals surface area contributed by atoms with E-state index in [1.165, 1.54) is 20.8 Å². The van der Waals surface area contributed by atoms with Gasteiger partial charge in [0.2, 0.25) is 0 Å². The number of rotatable bonds is 4. The Morgan fingerprint density at radius 2 is 1.59 bits per heavy atom. The highest BCUT2D eigenvalue weighted by molar-refractivity contribution is 5.83. The normalized spacial score (nSPS) is 42.8. The van der Waals surface area contributed by atoms with Gasteiger partial charge in [-0.15, -0.1) is 0 Å². The van der Waals surface area contributed by atoms with Crippen LogP contribution >= 0.6 is 0 Å². The number of ketones is 1. The Morgan fingerprint density at radius 1 is 0.906 bits per heavy atom. The molecule has 0 aromatic carbocycles. The van der Waals surface area contributed by atoms with Crippen molar-refractivity contribution in [2.45, 2.75) is 91.3 Å². The van der Waals surface area contributed by atoms with Gasteiger partial charge in [0.05, 0.1) is 6.61 Å². The lowest BCUT2D eigenvalue weighted by molar-refractivity contribution is -0.171. The third kappa shape index (κ3) is 4.08. The van der Waals surface area contributed by atoms with Crippen molar-refractivity contribution in [2.24, 2.45) is 34.5 Å². The Bertz CT molecular complexity index is 806. The van der Waals surface area contributed by atoms with Crippen molar-refractivity contribution in [3.63, 3.8) is 0 Å². The van der Waals surface area contributed by atoms with E-state index < -0.39 is 0 Å². The molecule has 32 heavy (non-hydrogen) atoms. The van der Waals surface area contributed by atoms with Crippen molar-refractivity contribution >= 4 is 23.7 Å². The summed E-state index contributed by atoms with van der Waals surface area (Å²) in [6.07, 6.45) is 5.80. The average Bonchev–Trinajstić information content (AvgIpc) is 3.05. The summed E-state index contributed by atoms with van der Waals surface area (Å²) in [5.74, 6) is -0.150. The van der Waals surface area contributed by atoms with Gasteiger partial charge >= 0.3 is 17.9 Å². The minimum atomic E-state index is -0.318. The van der Waals surface area contributed by atoms with E-state index >= 15 is 0 Å². The molecule has 0 spiro atoms. The molecule has 7 nitrogen and oxygen atoms in total. The van der Waals surface area contributed by atoms with Crippen LogP contribution in [0.25, 0.3) is 0 Å². The van der Waals surface area contributed by atoms with Gasteiger partial charge in [-0.05, 0) is 68.1 Å². The molecule has 8 atom stereocenters. The van der Waals surface area contributed by atoms with Crippen LogP contribution in [0.15, 0.2) is 0 Å². The molecule has 7 heteroatoms. The van der Waals surface area contributed by atoms with Crippen molar-refractivity contribution in [1.82, 2.24) is 0 Å². The Morgan fingerprint density at radius 3 is 2.25 bits per heavy atom. The van der Waals surface area contributed by atoms with E-state index in [-0.39, 0.29) is 77.0 Å². The average molecular weight is 449 g/mol. The van der Waals surface area contributed by atoms with Gasteiger partial charge in [-0.2, -0.15) is 0 Å². The molecule has 4 aliphatic carbocycles. The molecule has 0 N–H and O–H groups in total. The number of hydrogen-bond donors (Lipinski definition) is 0. The summed E-state index contributed by atoms with van der Waals surface area (Å²) >= 11 is 0. The molecule has 4 aliphatic rings. The Labute approximate surface area is 189 Å². The van der Waals surface area contributed by atoms with E-state index in [4.69, 9.17) is 14.2 Å². The fourth-order valence-corrected chi connectivity index (χ4v) is 7.84. The molecule has 4 saturated carbocycles. The Hall–Kier alpha value is -1.92. The van der Waals surface area contributed by atoms with Crippen LogP contribution in [-0.2, 0) is 33.4 Å². The number of carbonyl (C=O) groups excluding carboxylic acids is 4. The van der Waals surface area contributed by atoms with E-state index in [0.717, 1.165) is 32.1 Å². The van der Waals surface area contributed by atoms with Crippen molar-refractivity contribution in [1.29, 1.82) is 0 Å². The minimum absolute atomic E-state index is 0.0301. The van der Waals surface area contributed by atoms with E-state index in [1.807, 2.05) is 0 Å². The first-order chi connectivity index (χ1) is 15.0. The lowest BCUT2D eigenvalue weighted by Gasteiger charge is -2.59. The third-order valence-corrected chi connectivity index (χ3v) is 9.14. The van der Waals surface area contributed by atoms with Gasteiger partial charge in [0.15, 0.2) is 0 Å². The van der Waals surface area contributed by atoms with Crippen LogP contribution < -0.4 is 0 Å². The molecule has 0 saturated heterocycles. The van der Waals surface area contributed by atoms with Gasteiger partial charge in [0.1, 0.15) is 18.0 Å². The fraction of sp³-hybridized carbons (Fsp3) is 0.840. The lowest BCUT2D eigenvalue weighted by Crippen LogP contribution is -2.57. The number of ether oxygens (including phenoxy) is 3. The summed E-state index contributed by atoms with van der Waals surface area (Å²) in [7, 11) is 0. The predicted molar refractivity (Wildman–Crippen MR) is 114 cm³/mol. The second-order valence-electron chi connectivity index (χ2n) is 11.0. The molecular weight excluding hydrogens is 412 g/mol. The third-order valence-electron chi connectivity index (χ3n) is 9.14. The summed E-state index contributed by atoms with van der Waals surface area (Å²) in [6, 6.07) is 0. The molecule has 0 radical (unpaired) electrons. The Balaban J connectivity index is 1.60. The van der Waals surface area contributed by atoms with Crippen LogP contribution in [0.2, 0.25) is 0 Å². The summed E-state index contributed by atoms with van der Waals surface area (Å²) in [5, 5.41) is 0. The smallest absolute Gasteiger partial charge is 0.302 e. The van der Waals surface area contributed by atoms with E-state index in [0.29, 0.717) is 19.3 Å². The zero-order chi connectivity index (χ0) is 23.3. The van der Waals surface area contributed by atoms with Crippen LogP contribution in [0.5, 0.6) is 0 Å². The number of carbonyl (C=O) groups is 4. The van der Waals surface area contributed by atoms with E-state index in [2.05, 4.69) is 6.92 Å². The maximum atomic E-state index is 13.6. The molecule has 0 unspecified atom stereocenters. The zero-order valence-electron chi connectivity index (χ0n) is 19.7. The highest BCUT2D eigenvalue weighted by atomic mass is 16.5. The number of Topliss-reactive ketones (excluding diaryl/α,β-unsaturated/α-hetero) is 1. The predicted octanol–water partition coefficient (Wildman–Crippen LogP) is 3.61. The molecule has 0 aliphatic heterocycles. The molecule has 4 rings (SSSR count). The van der Waals surface area contributed by atoms with Crippen molar-refractivity contribution in [2.75, 3.05) is 6.61 Å². The standard InChI is InChI=1S/C25H36O7/c1-14(26)30-13-25-8-6-20-23(21(25)11-19(12-25)32-16(3)28)22(29)10-17-9-18(31-15(2)27)5-7-24(17,20)4/h17-21,23H,5-13H2,1-4H3/t17-,18-,19-,20-,21-,23+,24+,25-/m1/s1.